The molecule has 2 aromatic rings. The van der Waals surface area contributed by atoms with Crippen LogP contribution in [0.3, 0.4) is 0 Å². The fraction of sp³-hybridized carbons (Fsp3) is 0.548. The third-order valence-electron chi connectivity index (χ3n) is 6.48. The first-order valence-corrected chi connectivity index (χ1v) is 14.1. The molecule has 0 fully saturated rings. The third kappa shape index (κ3) is 12.2. The lowest BCUT2D eigenvalue weighted by molar-refractivity contribution is 0.306. The van der Waals surface area contributed by atoms with Crippen LogP contribution < -0.4 is 9.47 Å². The molecule has 0 aliphatic rings. The van der Waals surface area contributed by atoms with Crippen molar-refractivity contribution in [3.05, 3.63) is 59.7 Å². The average molecular weight is 511 g/mol. The molecule has 0 spiro atoms. The zero-order chi connectivity index (χ0) is 26.6. The highest BCUT2D eigenvalue weighted by Crippen LogP contribution is 2.18. The van der Waals surface area contributed by atoms with Crippen molar-refractivity contribution in [2.24, 2.45) is 10.3 Å². The highest BCUT2D eigenvalue weighted by atomic mass is 16.5. The Balaban J connectivity index is 1.63. The molecule has 0 aromatic heterocycles. The Kier molecular flexibility index (Phi) is 15.6. The van der Waals surface area contributed by atoms with Gasteiger partial charge in [0.15, 0.2) is 0 Å². The van der Waals surface area contributed by atoms with E-state index in [2.05, 4.69) is 24.2 Å². The number of hydrogen-bond donors (Lipinski definition) is 2. The second-order valence-corrected chi connectivity index (χ2v) is 9.52. The Labute approximate surface area is 223 Å². The maximum absolute atomic E-state index is 9.48. The van der Waals surface area contributed by atoms with Gasteiger partial charge in [0.05, 0.1) is 24.6 Å². The van der Waals surface area contributed by atoms with Crippen LogP contribution in [0.15, 0.2) is 58.8 Å². The standard InChI is InChI=1S/C31H46N2O4/c1-3-5-12-24-36-28-20-16-26(17-21-28)30(32-34)14-10-8-7-9-11-15-31(33-35)27-18-22-29(23-19-27)37-25-13-6-4-2/h16-23,34-35H,3-15,24-25H2,1-2H3/b32-30+,33-31+. The van der Waals surface area contributed by atoms with Gasteiger partial charge >= 0.3 is 0 Å². The van der Waals surface area contributed by atoms with E-state index in [0.717, 1.165) is 93.6 Å². The number of ether oxygens (including phenoxy) is 2. The van der Waals surface area contributed by atoms with E-state index in [4.69, 9.17) is 9.47 Å². The molecule has 0 saturated carbocycles. The van der Waals surface area contributed by atoms with Crippen LogP contribution in [0.5, 0.6) is 11.5 Å². The van der Waals surface area contributed by atoms with E-state index in [-0.39, 0.29) is 0 Å². The van der Waals surface area contributed by atoms with Crippen LogP contribution in [-0.4, -0.2) is 35.1 Å². The van der Waals surface area contributed by atoms with Gasteiger partial charge in [-0.05, 0) is 98.2 Å². The summed E-state index contributed by atoms with van der Waals surface area (Å²) in [4.78, 5) is 0. The first-order valence-electron chi connectivity index (χ1n) is 14.1. The predicted octanol–water partition coefficient (Wildman–Crippen LogP) is 8.61. The smallest absolute Gasteiger partial charge is 0.119 e. The number of nitrogens with zero attached hydrogens (tertiary/aromatic N) is 2. The molecular formula is C31H46N2O4. The van der Waals surface area contributed by atoms with Gasteiger partial charge in [-0.15, -0.1) is 0 Å². The highest BCUT2D eigenvalue weighted by molar-refractivity contribution is 6.00. The monoisotopic (exact) mass is 510 g/mol. The van der Waals surface area contributed by atoms with Crippen LogP contribution >= 0.6 is 0 Å². The second kappa shape index (κ2) is 19.1. The summed E-state index contributed by atoms with van der Waals surface area (Å²) in [7, 11) is 0. The Bertz CT molecular complexity index is 832. The third-order valence-corrected chi connectivity index (χ3v) is 6.48. The van der Waals surface area contributed by atoms with Crippen LogP contribution in [-0.2, 0) is 0 Å². The number of oxime groups is 2. The summed E-state index contributed by atoms with van der Waals surface area (Å²) in [5, 5.41) is 26.0. The van der Waals surface area contributed by atoms with Crippen molar-refractivity contribution in [1.82, 2.24) is 0 Å². The van der Waals surface area contributed by atoms with E-state index >= 15 is 0 Å². The summed E-state index contributed by atoms with van der Waals surface area (Å²) in [5.41, 5.74) is 3.30. The minimum atomic E-state index is 0.713. The molecule has 0 saturated heterocycles. The molecule has 0 atom stereocenters. The van der Waals surface area contributed by atoms with Crippen LogP contribution in [0, 0.1) is 0 Å². The molecule has 0 heterocycles. The van der Waals surface area contributed by atoms with Gasteiger partial charge in [0.25, 0.3) is 0 Å². The van der Waals surface area contributed by atoms with Crippen molar-refractivity contribution in [2.75, 3.05) is 13.2 Å². The average Bonchev–Trinajstić information content (AvgIpc) is 2.94. The molecule has 2 N–H and O–H groups in total. The van der Waals surface area contributed by atoms with Gasteiger partial charge in [-0.25, -0.2) is 0 Å². The number of benzene rings is 2. The summed E-state index contributed by atoms with van der Waals surface area (Å²) < 4.78 is 11.5. The molecule has 0 radical (unpaired) electrons. The predicted molar refractivity (Wildman–Crippen MR) is 152 cm³/mol. The first-order chi connectivity index (χ1) is 18.2. The van der Waals surface area contributed by atoms with Gasteiger partial charge in [-0.2, -0.15) is 0 Å². The van der Waals surface area contributed by atoms with Crippen molar-refractivity contribution in [1.29, 1.82) is 0 Å². The summed E-state index contributed by atoms with van der Waals surface area (Å²) in [6.45, 7) is 5.83. The molecule has 37 heavy (non-hydrogen) atoms. The normalized spacial score (nSPS) is 12.1. The molecule has 0 aliphatic carbocycles. The van der Waals surface area contributed by atoms with Crippen LogP contribution in [0.25, 0.3) is 0 Å². The zero-order valence-electron chi connectivity index (χ0n) is 22.8. The summed E-state index contributed by atoms with van der Waals surface area (Å²) >= 11 is 0. The fourth-order valence-electron chi connectivity index (χ4n) is 4.19. The molecule has 0 unspecified atom stereocenters. The van der Waals surface area contributed by atoms with Gasteiger partial charge in [-0.3, -0.25) is 0 Å². The SMILES string of the molecule is CCCCCOc1ccc(/C(CCCCCCC/C(=N\O)c2ccc(OCCCCC)cc2)=N/O)cc1. The summed E-state index contributed by atoms with van der Waals surface area (Å²) in [6.07, 6.45) is 13.5. The van der Waals surface area contributed by atoms with E-state index in [1.807, 2.05) is 48.5 Å². The minimum absolute atomic E-state index is 0.713. The largest absolute Gasteiger partial charge is 0.494 e. The Hall–Kier alpha value is -3.02. The lowest BCUT2D eigenvalue weighted by Gasteiger charge is -2.09. The van der Waals surface area contributed by atoms with E-state index in [1.165, 1.54) is 25.7 Å². The summed E-state index contributed by atoms with van der Waals surface area (Å²) in [6, 6.07) is 15.6. The first kappa shape index (κ1) is 30.2. The Morgan fingerprint density at radius 1 is 0.541 bits per heavy atom. The molecule has 6 nitrogen and oxygen atoms in total. The minimum Gasteiger partial charge on any atom is -0.494 e. The van der Waals surface area contributed by atoms with Gasteiger partial charge in [0.1, 0.15) is 11.5 Å². The van der Waals surface area contributed by atoms with Gasteiger partial charge < -0.3 is 19.9 Å². The number of hydrogen-bond acceptors (Lipinski definition) is 6. The van der Waals surface area contributed by atoms with E-state index in [9.17, 15) is 10.4 Å². The molecule has 0 bridgehead atoms. The highest BCUT2D eigenvalue weighted by Gasteiger charge is 2.07. The Morgan fingerprint density at radius 2 is 0.919 bits per heavy atom. The quantitative estimate of drug-likeness (QED) is 0.0808. The van der Waals surface area contributed by atoms with Gasteiger partial charge in [0, 0.05) is 0 Å². The molecular weight excluding hydrogens is 464 g/mol. The second-order valence-electron chi connectivity index (χ2n) is 9.52. The van der Waals surface area contributed by atoms with E-state index in [0.29, 0.717) is 11.4 Å². The van der Waals surface area contributed by atoms with Crippen molar-refractivity contribution in [3.63, 3.8) is 0 Å². The van der Waals surface area contributed by atoms with E-state index in [1.54, 1.807) is 0 Å². The van der Waals surface area contributed by atoms with E-state index < -0.39 is 0 Å². The van der Waals surface area contributed by atoms with Crippen LogP contribution in [0.4, 0.5) is 0 Å². The molecule has 2 aromatic carbocycles. The molecule has 2 rings (SSSR count). The Morgan fingerprint density at radius 3 is 1.27 bits per heavy atom. The maximum atomic E-state index is 9.48. The van der Waals surface area contributed by atoms with Gasteiger partial charge in [-0.1, -0.05) is 69.1 Å². The van der Waals surface area contributed by atoms with Gasteiger partial charge in [0.2, 0.25) is 0 Å². The van der Waals surface area contributed by atoms with Crippen molar-refractivity contribution >= 4 is 11.4 Å². The molecule has 6 heteroatoms. The zero-order valence-corrected chi connectivity index (χ0v) is 22.8. The lowest BCUT2D eigenvalue weighted by Crippen LogP contribution is -2.03. The van der Waals surface area contributed by atoms with Crippen molar-refractivity contribution < 1.29 is 19.9 Å². The van der Waals surface area contributed by atoms with Crippen molar-refractivity contribution in [2.45, 2.75) is 97.3 Å². The number of unbranched alkanes of at least 4 members (excludes halogenated alkanes) is 8. The molecule has 0 amide bonds. The van der Waals surface area contributed by atoms with Crippen LogP contribution in [0.2, 0.25) is 0 Å². The van der Waals surface area contributed by atoms with Crippen molar-refractivity contribution in [3.8, 4) is 11.5 Å². The van der Waals surface area contributed by atoms with Crippen LogP contribution in [0.1, 0.15) is 108 Å². The summed E-state index contributed by atoms with van der Waals surface area (Å²) in [5.74, 6) is 1.71. The number of rotatable bonds is 20. The fourth-order valence-corrected chi connectivity index (χ4v) is 4.19. The molecule has 204 valence electrons. The topological polar surface area (TPSA) is 83.6 Å². The lowest BCUT2D eigenvalue weighted by atomic mass is 10.0. The molecule has 0 aliphatic heterocycles. The maximum Gasteiger partial charge on any atom is 0.119 e.